The lowest BCUT2D eigenvalue weighted by Gasteiger charge is -2.13. The van der Waals surface area contributed by atoms with Crippen molar-refractivity contribution in [3.05, 3.63) is 91.5 Å². The maximum Gasteiger partial charge on any atom is 0.328 e. The molecule has 5 nitrogen and oxygen atoms in total. The molecule has 0 aliphatic rings. The number of thiophene rings is 1. The Bertz CT molecular complexity index is 1490. The maximum atomic E-state index is 13.8. The fourth-order valence-electron chi connectivity index (χ4n) is 3.74. The van der Waals surface area contributed by atoms with Crippen molar-refractivity contribution in [3.8, 4) is 17.2 Å². The zero-order chi connectivity index (χ0) is 25.4. The number of halogens is 3. The molecule has 4 rings (SSSR count). The summed E-state index contributed by atoms with van der Waals surface area (Å²) in [5.74, 6) is -1.65. The van der Waals surface area contributed by atoms with Gasteiger partial charge in [0.05, 0.1) is 10.0 Å². The van der Waals surface area contributed by atoms with E-state index in [1.165, 1.54) is 42.5 Å². The van der Waals surface area contributed by atoms with Crippen LogP contribution in [0, 0.1) is 19.7 Å². The fourth-order valence-corrected chi connectivity index (χ4v) is 5.43. The van der Waals surface area contributed by atoms with E-state index in [4.69, 9.17) is 33.0 Å². The Balaban J connectivity index is 1.87. The van der Waals surface area contributed by atoms with Crippen LogP contribution in [0.5, 0.6) is 17.2 Å². The Hall–Kier alpha value is -3.39. The molecule has 9 heteroatoms. The number of carbonyl (C=O) groups excluding carboxylic acids is 1. The van der Waals surface area contributed by atoms with Gasteiger partial charge >= 0.3 is 5.97 Å². The third kappa shape index (κ3) is 5.03. The molecule has 4 aromatic rings. The highest BCUT2D eigenvalue weighted by Gasteiger charge is 2.26. The Labute approximate surface area is 213 Å². The summed E-state index contributed by atoms with van der Waals surface area (Å²) < 4.78 is 20.6. The molecule has 3 aromatic carbocycles. The van der Waals surface area contributed by atoms with Crippen molar-refractivity contribution in [1.29, 1.82) is 0 Å². The Morgan fingerprint density at radius 2 is 1.63 bits per heavy atom. The van der Waals surface area contributed by atoms with Crippen molar-refractivity contribution in [2.75, 3.05) is 0 Å². The number of aryl methyl sites for hydroxylation is 2. The van der Waals surface area contributed by atoms with Crippen molar-refractivity contribution in [1.82, 2.24) is 0 Å². The number of carbonyl (C=O) groups is 2. The summed E-state index contributed by atoms with van der Waals surface area (Å²) in [5, 5.41) is 19.6. The second kappa shape index (κ2) is 9.70. The summed E-state index contributed by atoms with van der Waals surface area (Å²) in [5.41, 5.74) is 1.75. The van der Waals surface area contributed by atoms with Crippen LogP contribution in [0.3, 0.4) is 0 Å². The molecule has 0 saturated heterocycles. The van der Waals surface area contributed by atoms with Gasteiger partial charge in [-0.2, -0.15) is 0 Å². The molecule has 0 unspecified atom stereocenters. The number of aromatic hydroxyl groups is 1. The lowest BCUT2D eigenvalue weighted by Crippen LogP contribution is -2.06. The monoisotopic (exact) mass is 530 g/mol. The van der Waals surface area contributed by atoms with E-state index in [0.29, 0.717) is 32.3 Å². The summed E-state index contributed by atoms with van der Waals surface area (Å²) in [7, 11) is 0. The van der Waals surface area contributed by atoms with Gasteiger partial charge in [-0.3, -0.25) is 4.79 Å². The molecular weight excluding hydrogens is 514 g/mol. The molecule has 0 bridgehead atoms. The molecule has 35 heavy (non-hydrogen) atoms. The van der Waals surface area contributed by atoms with E-state index in [9.17, 15) is 19.1 Å². The van der Waals surface area contributed by atoms with Gasteiger partial charge in [0.2, 0.25) is 5.78 Å². The zero-order valence-electron chi connectivity index (χ0n) is 18.4. The summed E-state index contributed by atoms with van der Waals surface area (Å²) in [6, 6.07) is 10.1. The second-order valence-electron chi connectivity index (χ2n) is 7.77. The average molecular weight is 531 g/mol. The van der Waals surface area contributed by atoms with Gasteiger partial charge in [0.15, 0.2) is 11.5 Å². The number of hydrogen-bond donors (Lipinski definition) is 2. The minimum Gasteiger partial charge on any atom is -0.508 e. The molecular formula is C26H17Cl2FO5S. The minimum absolute atomic E-state index is 0.0177. The number of aliphatic carboxylic acids is 1. The largest absolute Gasteiger partial charge is 0.508 e. The highest BCUT2D eigenvalue weighted by molar-refractivity contribution is 7.21. The molecule has 2 N–H and O–H groups in total. The number of fused-ring (bicyclic) bond motifs is 1. The summed E-state index contributed by atoms with van der Waals surface area (Å²) in [6.45, 7) is 3.31. The van der Waals surface area contributed by atoms with Crippen molar-refractivity contribution in [3.63, 3.8) is 0 Å². The number of carboxylic acids is 1. The molecule has 0 spiro atoms. The first-order valence-corrected chi connectivity index (χ1v) is 11.8. The quantitative estimate of drug-likeness (QED) is 0.196. The Morgan fingerprint density at radius 3 is 2.23 bits per heavy atom. The number of rotatable bonds is 6. The van der Waals surface area contributed by atoms with Crippen molar-refractivity contribution < 1.29 is 28.9 Å². The maximum absolute atomic E-state index is 13.8. The van der Waals surface area contributed by atoms with Crippen LogP contribution < -0.4 is 4.74 Å². The average Bonchev–Trinajstić information content (AvgIpc) is 3.11. The van der Waals surface area contributed by atoms with E-state index >= 15 is 0 Å². The predicted molar refractivity (Wildman–Crippen MR) is 136 cm³/mol. The van der Waals surface area contributed by atoms with Crippen LogP contribution in [0.15, 0.2) is 48.5 Å². The molecule has 178 valence electrons. The van der Waals surface area contributed by atoms with Crippen LogP contribution in [0.4, 0.5) is 4.39 Å². The standard InChI is InChI=1S/C26H17Cl2FO5S/c1-12-7-15(29)8-13(2)22(12)23(33)26-24(17-5-4-16(30)11-20(17)35-26)34-25-18(27)9-14(10-19(25)28)3-6-21(31)32/h3-11,30H,1-2H3,(H,31,32)/b6-3+. The summed E-state index contributed by atoms with van der Waals surface area (Å²) >= 11 is 13.9. The first-order valence-electron chi connectivity index (χ1n) is 10.2. The predicted octanol–water partition coefficient (Wildman–Crippen LogP) is 7.79. The molecule has 0 atom stereocenters. The third-order valence-electron chi connectivity index (χ3n) is 5.20. The molecule has 0 saturated carbocycles. The first-order chi connectivity index (χ1) is 16.5. The number of ketones is 1. The van der Waals surface area contributed by atoms with E-state index in [-0.39, 0.29) is 38.0 Å². The van der Waals surface area contributed by atoms with Crippen LogP contribution >= 0.6 is 34.5 Å². The fraction of sp³-hybridized carbons (Fsp3) is 0.0769. The first kappa shape index (κ1) is 24.7. The summed E-state index contributed by atoms with van der Waals surface area (Å²) in [6.07, 6.45) is 2.28. The van der Waals surface area contributed by atoms with E-state index in [2.05, 4.69) is 0 Å². The van der Waals surface area contributed by atoms with Gasteiger partial charge in [-0.15, -0.1) is 11.3 Å². The number of carboxylic acid groups (broad SMARTS) is 1. The Morgan fingerprint density at radius 1 is 1.00 bits per heavy atom. The highest BCUT2D eigenvalue weighted by atomic mass is 35.5. The summed E-state index contributed by atoms with van der Waals surface area (Å²) in [4.78, 5) is 24.7. The van der Waals surface area contributed by atoms with Gasteiger partial charge in [-0.25, -0.2) is 9.18 Å². The normalized spacial score (nSPS) is 11.3. The van der Waals surface area contributed by atoms with Crippen LogP contribution in [0.1, 0.15) is 31.9 Å². The molecule has 0 aliphatic carbocycles. The van der Waals surface area contributed by atoms with E-state index < -0.39 is 11.8 Å². The lowest BCUT2D eigenvalue weighted by molar-refractivity contribution is -0.131. The van der Waals surface area contributed by atoms with Gasteiger partial charge in [0.1, 0.15) is 16.4 Å². The van der Waals surface area contributed by atoms with Crippen LogP contribution in [0.2, 0.25) is 10.0 Å². The van der Waals surface area contributed by atoms with Crippen molar-refractivity contribution in [2.45, 2.75) is 13.8 Å². The van der Waals surface area contributed by atoms with E-state index in [0.717, 1.165) is 17.4 Å². The number of phenols is 1. The SMILES string of the molecule is Cc1cc(F)cc(C)c1C(=O)c1sc2cc(O)ccc2c1Oc1c(Cl)cc(/C=C/C(=O)O)cc1Cl. The van der Waals surface area contributed by atoms with Crippen LogP contribution in [0.25, 0.3) is 16.2 Å². The third-order valence-corrected chi connectivity index (χ3v) is 6.90. The van der Waals surface area contributed by atoms with E-state index in [1.54, 1.807) is 19.9 Å². The molecule has 0 aliphatic heterocycles. The van der Waals surface area contributed by atoms with E-state index in [1.807, 2.05) is 0 Å². The lowest BCUT2D eigenvalue weighted by atomic mass is 9.97. The van der Waals surface area contributed by atoms with Gasteiger partial charge in [0.25, 0.3) is 0 Å². The molecule has 1 aromatic heterocycles. The van der Waals surface area contributed by atoms with Gasteiger partial charge in [-0.05, 0) is 79.1 Å². The highest BCUT2D eigenvalue weighted by Crippen LogP contribution is 2.46. The molecule has 0 radical (unpaired) electrons. The zero-order valence-corrected chi connectivity index (χ0v) is 20.7. The smallest absolute Gasteiger partial charge is 0.328 e. The van der Waals surface area contributed by atoms with Crippen molar-refractivity contribution in [2.24, 2.45) is 0 Å². The van der Waals surface area contributed by atoms with Crippen molar-refractivity contribution >= 4 is 62.5 Å². The topological polar surface area (TPSA) is 83.8 Å². The minimum atomic E-state index is -1.12. The van der Waals surface area contributed by atoms with Crippen LogP contribution in [-0.4, -0.2) is 22.0 Å². The number of ether oxygens (including phenoxy) is 1. The number of phenolic OH excluding ortho intramolecular Hbond substituents is 1. The number of benzene rings is 3. The second-order valence-corrected chi connectivity index (χ2v) is 9.64. The Kier molecular flexibility index (Phi) is 6.85. The molecule has 0 amide bonds. The number of hydrogen-bond acceptors (Lipinski definition) is 5. The molecule has 1 heterocycles. The van der Waals surface area contributed by atoms with Crippen LogP contribution in [-0.2, 0) is 4.79 Å². The molecule has 0 fully saturated rings. The van der Waals surface area contributed by atoms with Gasteiger partial charge < -0.3 is 14.9 Å². The van der Waals surface area contributed by atoms with Gasteiger partial charge in [0, 0.05) is 21.7 Å². The van der Waals surface area contributed by atoms with Gasteiger partial charge in [-0.1, -0.05) is 23.2 Å².